The monoisotopic (exact) mass is 418 g/mol. The van der Waals surface area contributed by atoms with Crippen LogP contribution in [-0.4, -0.2) is 21.8 Å². The highest BCUT2D eigenvalue weighted by Crippen LogP contribution is 2.35. The average molecular weight is 419 g/mol. The molecule has 27 heavy (non-hydrogen) atoms. The highest BCUT2D eigenvalue weighted by atomic mass is 35.5. The van der Waals surface area contributed by atoms with Crippen LogP contribution in [0.5, 0.6) is 0 Å². The number of hydrogen-bond donors (Lipinski definition) is 1. The highest BCUT2D eigenvalue weighted by molar-refractivity contribution is 8.13. The van der Waals surface area contributed by atoms with E-state index in [0.717, 1.165) is 28.3 Å². The molecular weight excluding hydrogens is 403 g/mol. The van der Waals surface area contributed by atoms with Gasteiger partial charge in [-0.1, -0.05) is 66.2 Å². The third kappa shape index (κ3) is 3.45. The van der Waals surface area contributed by atoms with Gasteiger partial charge < -0.3 is 0 Å². The number of amides is 1. The van der Waals surface area contributed by atoms with Gasteiger partial charge >= 0.3 is 0 Å². The maximum atomic E-state index is 12.9. The summed E-state index contributed by atoms with van der Waals surface area (Å²) in [6, 6.07) is 12.8. The first-order valence-electron chi connectivity index (χ1n) is 8.52. The Morgan fingerprint density at radius 2 is 2.04 bits per heavy atom. The molecule has 1 atom stereocenters. The van der Waals surface area contributed by atoms with Crippen LogP contribution >= 0.6 is 35.0 Å². The molecule has 2 aromatic rings. The number of para-hydroxylation sites is 1. The van der Waals surface area contributed by atoms with E-state index in [4.69, 9.17) is 28.2 Å². The van der Waals surface area contributed by atoms with E-state index in [-0.39, 0.29) is 5.91 Å². The minimum Gasteiger partial charge on any atom is -0.298 e. The summed E-state index contributed by atoms with van der Waals surface area (Å²) < 4.78 is 0. The van der Waals surface area contributed by atoms with E-state index in [1.54, 1.807) is 17.1 Å². The molecule has 2 aromatic carbocycles. The number of nitrogens with one attached hydrogen (secondary N) is 1. The molecule has 2 heterocycles. The maximum Gasteiger partial charge on any atom is 0.276 e. The van der Waals surface area contributed by atoms with Gasteiger partial charge in [-0.2, -0.15) is 0 Å². The molecule has 0 fully saturated rings. The second-order valence-electron chi connectivity index (χ2n) is 6.09. The molecule has 5 nitrogen and oxygen atoms in total. The first-order chi connectivity index (χ1) is 13.1. The number of benzene rings is 2. The lowest BCUT2D eigenvalue weighted by Gasteiger charge is -2.34. The lowest BCUT2D eigenvalue weighted by atomic mass is 10.1. The number of fused-ring (bicyclic) bond motifs is 2. The quantitative estimate of drug-likeness (QED) is 0.831. The molecule has 0 saturated carbocycles. The van der Waals surface area contributed by atoms with Gasteiger partial charge in [0.15, 0.2) is 11.3 Å². The van der Waals surface area contributed by atoms with E-state index >= 15 is 0 Å². The summed E-state index contributed by atoms with van der Waals surface area (Å²) in [5, 5.41) is 12.3. The first kappa shape index (κ1) is 18.3. The summed E-state index contributed by atoms with van der Waals surface area (Å²) in [4.78, 5) is 17.7. The van der Waals surface area contributed by atoms with E-state index in [0.29, 0.717) is 20.9 Å². The van der Waals surface area contributed by atoms with Crippen LogP contribution in [0.15, 0.2) is 52.6 Å². The smallest absolute Gasteiger partial charge is 0.276 e. The second-order valence-corrected chi connectivity index (χ2v) is 8.01. The van der Waals surface area contributed by atoms with Gasteiger partial charge in [0, 0.05) is 26.6 Å². The molecule has 138 valence electrons. The van der Waals surface area contributed by atoms with Crippen LogP contribution in [0.1, 0.15) is 25.1 Å². The van der Waals surface area contributed by atoms with Gasteiger partial charge in [-0.3, -0.25) is 15.1 Å². The minimum atomic E-state index is -0.539. The van der Waals surface area contributed by atoms with E-state index < -0.39 is 6.17 Å². The summed E-state index contributed by atoms with van der Waals surface area (Å²) in [5.41, 5.74) is 1.21. The van der Waals surface area contributed by atoms with Crippen molar-refractivity contribution in [2.24, 2.45) is 10.1 Å². The van der Waals surface area contributed by atoms with Crippen LogP contribution in [0, 0.1) is 0 Å². The van der Waals surface area contributed by atoms with Crippen molar-refractivity contribution >= 4 is 51.7 Å². The molecule has 1 N–H and O–H groups in total. The standard InChI is InChI=1S/C19H16Cl2N4OS/c1-2-9-27-19-23-18(26)16-13-5-3-4-6-15(13)22-17(25(16)24-19)12-8-7-11(20)10-14(12)21/h3-8,10,17H,2,9H2,1H3,(H,23,24,26). The van der Waals surface area contributed by atoms with E-state index in [2.05, 4.69) is 17.3 Å². The Morgan fingerprint density at radius 1 is 1.22 bits per heavy atom. The first-order valence-corrected chi connectivity index (χ1v) is 10.3. The number of rotatable bonds is 3. The van der Waals surface area contributed by atoms with Gasteiger partial charge in [0.1, 0.15) is 5.70 Å². The van der Waals surface area contributed by atoms with Crippen LogP contribution in [0.4, 0.5) is 0 Å². The van der Waals surface area contributed by atoms with Gasteiger partial charge in [-0.25, -0.2) is 5.01 Å². The summed E-state index contributed by atoms with van der Waals surface area (Å²) in [7, 11) is 0. The molecule has 0 spiro atoms. The Balaban J connectivity index is 1.92. The van der Waals surface area contributed by atoms with Crippen molar-refractivity contribution in [2.75, 3.05) is 5.75 Å². The Bertz CT molecular complexity index is 1070. The minimum absolute atomic E-state index is 0.193. The van der Waals surface area contributed by atoms with Crippen LogP contribution < -0.4 is 15.9 Å². The molecule has 2 aliphatic rings. The van der Waals surface area contributed by atoms with E-state index in [9.17, 15) is 4.79 Å². The Morgan fingerprint density at radius 3 is 2.81 bits per heavy atom. The van der Waals surface area contributed by atoms with Crippen LogP contribution in [0.25, 0.3) is 5.70 Å². The largest absolute Gasteiger partial charge is 0.298 e. The van der Waals surface area contributed by atoms with Gasteiger partial charge in [0.25, 0.3) is 5.91 Å². The molecule has 0 aliphatic carbocycles. The molecule has 2 aliphatic heterocycles. The summed E-state index contributed by atoms with van der Waals surface area (Å²) in [6.07, 6.45) is 0.443. The van der Waals surface area contributed by atoms with Crippen molar-refractivity contribution in [1.82, 2.24) is 10.3 Å². The molecule has 0 aromatic heterocycles. The molecular formula is C19H16Cl2N4OS. The van der Waals surface area contributed by atoms with E-state index in [1.807, 2.05) is 30.3 Å². The maximum absolute atomic E-state index is 12.9. The van der Waals surface area contributed by atoms with Crippen molar-refractivity contribution in [3.8, 4) is 0 Å². The van der Waals surface area contributed by atoms with E-state index in [1.165, 1.54) is 11.8 Å². The lowest BCUT2D eigenvalue weighted by Crippen LogP contribution is -2.50. The topological polar surface area (TPSA) is 57.1 Å². The van der Waals surface area contributed by atoms with Crippen molar-refractivity contribution in [3.63, 3.8) is 0 Å². The van der Waals surface area contributed by atoms with Gasteiger partial charge in [0.05, 0.1) is 5.36 Å². The Kier molecular flexibility index (Phi) is 5.12. The number of carbonyl (C=O) groups is 1. The summed E-state index contributed by atoms with van der Waals surface area (Å²) in [6.45, 7) is 2.08. The fourth-order valence-electron chi connectivity index (χ4n) is 3.00. The fourth-order valence-corrected chi connectivity index (χ4v) is 4.22. The zero-order chi connectivity index (χ0) is 19.0. The SMILES string of the molecule is CCCSC1=NN2C(=c3ccccc3=NC2c2ccc(Cl)cc2Cl)C(=O)N1. The number of carbonyl (C=O) groups excluding carboxylic acids is 1. The predicted molar refractivity (Wildman–Crippen MR) is 110 cm³/mol. The van der Waals surface area contributed by atoms with Crippen molar-refractivity contribution in [3.05, 3.63) is 68.6 Å². The summed E-state index contributed by atoms with van der Waals surface area (Å²) >= 11 is 14.0. The molecule has 1 amide bonds. The van der Waals surface area contributed by atoms with Crippen LogP contribution in [0.2, 0.25) is 10.0 Å². The lowest BCUT2D eigenvalue weighted by molar-refractivity contribution is -0.116. The number of thioether (sulfide) groups is 1. The average Bonchev–Trinajstić information content (AvgIpc) is 2.65. The molecule has 0 bridgehead atoms. The number of hydrogen-bond acceptors (Lipinski definition) is 5. The van der Waals surface area contributed by atoms with Crippen molar-refractivity contribution in [1.29, 1.82) is 0 Å². The van der Waals surface area contributed by atoms with Crippen LogP contribution in [-0.2, 0) is 4.79 Å². The molecule has 0 saturated heterocycles. The van der Waals surface area contributed by atoms with Crippen LogP contribution in [0.3, 0.4) is 0 Å². The third-order valence-electron chi connectivity index (χ3n) is 4.20. The predicted octanol–water partition coefficient (Wildman–Crippen LogP) is 3.28. The number of nitrogens with zero attached hydrogens (tertiary/aromatic N) is 3. The Labute approximate surface area is 170 Å². The zero-order valence-corrected chi connectivity index (χ0v) is 16.8. The number of amidine groups is 1. The normalized spacial score (nSPS) is 18.3. The van der Waals surface area contributed by atoms with Gasteiger partial charge in [-0.05, 0) is 24.6 Å². The zero-order valence-electron chi connectivity index (χ0n) is 14.4. The molecule has 8 heteroatoms. The number of hydrazone groups is 1. The fraction of sp³-hybridized carbons (Fsp3) is 0.211. The number of halogens is 2. The van der Waals surface area contributed by atoms with Gasteiger partial charge in [-0.15, -0.1) is 5.10 Å². The molecule has 0 radical (unpaired) electrons. The van der Waals surface area contributed by atoms with Crippen molar-refractivity contribution in [2.45, 2.75) is 19.5 Å². The highest BCUT2D eigenvalue weighted by Gasteiger charge is 2.35. The second kappa shape index (κ2) is 7.54. The molecule has 1 unspecified atom stereocenters. The Hall–Kier alpha value is -2.02. The molecule has 4 rings (SSSR count). The summed E-state index contributed by atoms with van der Waals surface area (Å²) in [5.74, 6) is 0.670. The third-order valence-corrected chi connectivity index (χ3v) is 5.83. The van der Waals surface area contributed by atoms with Crippen molar-refractivity contribution < 1.29 is 4.79 Å². The van der Waals surface area contributed by atoms with Gasteiger partial charge in [0.2, 0.25) is 0 Å².